The molecule has 3 N–H and O–H groups in total. The molecule has 18 heavy (non-hydrogen) atoms. The molecule has 5 nitrogen and oxygen atoms in total. The van der Waals surface area contributed by atoms with Gasteiger partial charge in [0.05, 0.1) is 30.3 Å². The Hall–Kier alpha value is -1.17. The van der Waals surface area contributed by atoms with Crippen molar-refractivity contribution in [3.63, 3.8) is 0 Å². The number of likely N-dealkylation sites (N-methyl/N-ethyl adjacent to an activating group) is 1. The first-order chi connectivity index (χ1) is 8.58. The molecule has 0 saturated carbocycles. The van der Waals surface area contributed by atoms with E-state index in [1.54, 1.807) is 13.3 Å². The Morgan fingerprint density at radius 3 is 2.72 bits per heavy atom. The Labute approximate surface area is 109 Å². The highest BCUT2D eigenvalue weighted by Gasteiger charge is 2.10. The van der Waals surface area contributed by atoms with E-state index in [1.165, 1.54) is 0 Å². The van der Waals surface area contributed by atoms with Gasteiger partial charge in [0.25, 0.3) is 0 Å². The summed E-state index contributed by atoms with van der Waals surface area (Å²) in [4.78, 5) is 6.29. The van der Waals surface area contributed by atoms with Gasteiger partial charge in [-0.1, -0.05) is 6.92 Å². The summed E-state index contributed by atoms with van der Waals surface area (Å²) in [5, 5.41) is 9.65. The van der Waals surface area contributed by atoms with Gasteiger partial charge in [-0.05, 0) is 18.6 Å². The quantitative estimate of drug-likeness (QED) is 0.756. The van der Waals surface area contributed by atoms with E-state index in [2.05, 4.69) is 4.98 Å². The first kappa shape index (κ1) is 14.9. The van der Waals surface area contributed by atoms with Gasteiger partial charge in [-0.15, -0.1) is 0 Å². The number of aliphatic hydroxyl groups is 1. The Bertz CT molecular complexity index is 343. The minimum atomic E-state index is -0.502. The van der Waals surface area contributed by atoms with E-state index in [-0.39, 0.29) is 6.04 Å². The van der Waals surface area contributed by atoms with Crippen LogP contribution in [0.25, 0.3) is 0 Å². The number of pyridine rings is 1. The molecule has 1 rings (SSSR count). The molecule has 102 valence electrons. The second-order valence-corrected chi connectivity index (χ2v) is 4.45. The zero-order valence-electron chi connectivity index (χ0n) is 11.3. The van der Waals surface area contributed by atoms with Gasteiger partial charge < -0.3 is 20.5 Å². The molecule has 0 aliphatic carbocycles. The van der Waals surface area contributed by atoms with Crippen molar-refractivity contribution in [1.29, 1.82) is 0 Å². The third kappa shape index (κ3) is 4.25. The number of nitrogens with zero attached hydrogens (tertiary/aromatic N) is 2. The molecule has 1 aromatic heterocycles. The molecule has 0 saturated heterocycles. The van der Waals surface area contributed by atoms with E-state index in [9.17, 15) is 5.11 Å². The number of hydrogen-bond donors (Lipinski definition) is 2. The van der Waals surface area contributed by atoms with Gasteiger partial charge in [0.2, 0.25) is 0 Å². The SMILES string of the molecule is CC[C@H](N)c1ccc(N(C)CC(O)COC)cn1. The molecule has 0 spiro atoms. The zero-order chi connectivity index (χ0) is 13.5. The maximum Gasteiger partial charge on any atom is 0.0947 e. The number of aromatic nitrogens is 1. The summed E-state index contributed by atoms with van der Waals surface area (Å²) in [6, 6.07) is 3.89. The lowest BCUT2D eigenvalue weighted by atomic mass is 10.1. The van der Waals surface area contributed by atoms with Crippen molar-refractivity contribution in [2.75, 3.05) is 32.2 Å². The van der Waals surface area contributed by atoms with Gasteiger partial charge >= 0.3 is 0 Å². The molecule has 1 heterocycles. The number of hydrogen-bond acceptors (Lipinski definition) is 5. The smallest absolute Gasteiger partial charge is 0.0947 e. The van der Waals surface area contributed by atoms with Crippen molar-refractivity contribution in [2.24, 2.45) is 5.73 Å². The second-order valence-electron chi connectivity index (χ2n) is 4.45. The van der Waals surface area contributed by atoms with Crippen LogP contribution >= 0.6 is 0 Å². The first-order valence-corrected chi connectivity index (χ1v) is 6.18. The van der Waals surface area contributed by atoms with Crippen molar-refractivity contribution in [3.05, 3.63) is 24.0 Å². The molecule has 5 heteroatoms. The highest BCUT2D eigenvalue weighted by Crippen LogP contribution is 2.16. The number of nitrogens with two attached hydrogens (primary N) is 1. The Morgan fingerprint density at radius 2 is 2.22 bits per heavy atom. The van der Waals surface area contributed by atoms with Gasteiger partial charge in [-0.3, -0.25) is 4.98 Å². The van der Waals surface area contributed by atoms with Crippen molar-refractivity contribution >= 4 is 5.69 Å². The maximum absolute atomic E-state index is 9.65. The molecule has 1 unspecified atom stereocenters. The highest BCUT2D eigenvalue weighted by atomic mass is 16.5. The van der Waals surface area contributed by atoms with Crippen molar-refractivity contribution < 1.29 is 9.84 Å². The van der Waals surface area contributed by atoms with E-state index in [1.807, 2.05) is 31.0 Å². The lowest BCUT2D eigenvalue weighted by Gasteiger charge is -2.22. The van der Waals surface area contributed by atoms with Crippen molar-refractivity contribution in [1.82, 2.24) is 4.98 Å². The predicted octanol–water partition coefficient (Wildman–Crippen LogP) is 0.935. The molecule has 0 aromatic carbocycles. The van der Waals surface area contributed by atoms with Gasteiger partial charge in [-0.25, -0.2) is 0 Å². The minimum Gasteiger partial charge on any atom is -0.389 e. The number of aliphatic hydroxyl groups excluding tert-OH is 1. The van der Waals surface area contributed by atoms with Crippen LogP contribution in [-0.2, 0) is 4.74 Å². The molecule has 0 aliphatic heterocycles. The average Bonchev–Trinajstić information content (AvgIpc) is 2.38. The van der Waals surface area contributed by atoms with Crippen LogP contribution in [0.3, 0.4) is 0 Å². The van der Waals surface area contributed by atoms with E-state index in [0.717, 1.165) is 17.8 Å². The first-order valence-electron chi connectivity index (χ1n) is 6.18. The molecular formula is C13H23N3O2. The van der Waals surface area contributed by atoms with Crippen molar-refractivity contribution in [3.8, 4) is 0 Å². The summed E-state index contributed by atoms with van der Waals surface area (Å²) in [5.74, 6) is 0. The minimum absolute atomic E-state index is 0.0107. The summed E-state index contributed by atoms with van der Waals surface area (Å²) in [6.07, 6.45) is 2.15. The van der Waals surface area contributed by atoms with Crippen LogP contribution in [0, 0.1) is 0 Å². The van der Waals surface area contributed by atoms with E-state index in [4.69, 9.17) is 10.5 Å². The van der Waals surface area contributed by atoms with Gasteiger partial charge in [0, 0.05) is 26.7 Å². The van der Waals surface area contributed by atoms with E-state index >= 15 is 0 Å². The lowest BCUT2D eigenvalue weighted by Crippen LogP contribution is -2.31. The molecule has 0 radical (unpaired) electrons. The highest BCUT2D eigenvalue weighted by molar-refractivity contribution is 5.44. The van der Waals surface area contributed by atoms with Crippen LogP contribution in [-0.4, -0.2) is 43.5 Å². The second kappa shape index (κ2) is 7.31. The zero-order valence-corrected chi connectivity index (χ0v) is 11.3. The van der Waals surface area contributed by atoms with Crippen LogP contribution in [0.1, 0.15) is 25.1 Å². The fourth-order valence-corrected chi connectivity index (χ4v) is 1.72. The summed E-state index contributed by atoms with van der Waals surface area (Å²) < 4.78 is 4.90. The molecule has 0 bridgehead atoms. The molecule has 0 fully saturated rings. The van der Waals surface area contributed by atoms with Gasteiger partial charge in [0.1, 0.15) is 0 Å². The van der Waals surface area contributed by atoms with Gasteiger partial charge in [0.15, 0.2) is 0 Å². The fraction of sp³-hybridized carbons (Fsp3) is 0.615. The summed E-state index contributed by atoms with van der Waals surface area (Å²) in [5.41, 5.74) is 7.76. The Balaban J connectivity index is 2.61. The van der Waals surface area contributed by atoms with Gasteiger partial charge in [-0.2, -0.15) is 0 Å². The van der Waals surface area contributed by atoms with Crippen LogP contribution in [0.5, 0.6) is 0 Å². The normalized spacial score (nSPS) is 14.3. The predicted molar refractivity (Wildman–Crippen MR) is 72.6 cm³/mol. The summed E-state index contributed by atoms with van der Waals surface area (Å²) in [7, 11) is 3.49. The van der Waals surface area contributed by atoms with Crippen LogP contribution in [0.4, 0.5) is 5.69 Å². The third-order valence-electron chi connectivity index (χ3n) is 2.87. The van der Waals surface area contributed by atoms with Crippen molar-refractivity contribution in [2.45, 2.75) is 25.5 Å². The number of ether oxygens (including phenoxy) is 1. The topological polar surface area (TPSA) is 71.6 Å². The molecular weight excluding hydrogens is 230 g/mol. The number of rotatable bonds is 7. The Kier molecular flexibility index (Phi) is 6.04. The Morgan fingerprint density at radius 1 is 1.50 bits per heavy atom. The molecule has 2 atom stereocenters. The molecule has 0 aliphatic rings. The number of anilines is 1. The maximum atomic E-state index is 9.65. The van der Waals surface area contributed by atoms with Crippen LogP contribution in [0.15, 0.2) is 18.3 Å². The number of methoxy groups -OCH3 is 1. The molecule has 0 amide bonds. The summed E-state index contributed by atoms with van der Waals surface area (Å²) in [6.45, 7) is 2.87. The fourth-order valence-electron chi connectivity index (χ4n) is 1.72. The third-order valence-corrected chi connectivity index (χ3v) is 2.87. The monoisotopic (exact) mass is 253 g/mol. The van der Waals surface area contributed by atoms with E-state index < -0.39 is 6.10 Å². The largest absolute Gasteiger partial charge is 0.389 e. The van der Waals surface area contributed by atoms with Crippen LogP contribution in [0.2, 0.25) is 0 Å². The van der Waals surface area contributed by atoms with Crippen LogP contribution < -0.4 is 10.6 Å². The van der Waals surface area contributed by atoms with E-state index in [0.29, 0.717) is 13.2 Å². The summed E-state index contributed by atoms with van der Waals surface area (Å²) >= 11 is 0. The average molecular weight is 253 g/mol. The molecule has 1 aromatic rings. The lowest BCUT2D eigenvalue weighted by molar-refractivity contribution is 0.0695. The standard InChI is InChI=1S/C13H23N3O2/c1-4-12(14)13-6-5-10(7-15-13)16(2)8-11(17)9-18-3/h5-7,11-12,17H,4,8-9,14H2,1-3H3/t11?,12-/m0/s1.